The van der Waals surface area contributed by atoms with Crippen molar-refractivity contribution in [1.82, 2.24) is 9.47 Å². The van der Waals surface area contributed by atoms with Gasteiger partial charge in [0.25, 0.3) is 5.91 Å². The number of esters is 1. The minimum atomic E-state index is -0.913. The highest BCUT2D eigenvalue weighted by Crippen LogP contribution is 2.31. The van der Waals surface area contributed by atoms with Crippen molar-refractivity contribution in [2.24, 2.45) is 5.92 Å². The zero-order valence-corrected chi connectivity index (χ0v) is 18.3. The first kappa shape index (κ1) is 21.5. The van der Waals surface area contributed by atoms with E-state index < -0.39 is 11.6 Å². The van der Waals surface area contributed by atoms with E-state index in [1.165, 1.54) is 6.07 Å². The summed E-state index contributed by atoms with van der Waals surface area (Å²) >= 11 is 1.58. The number of thiophene rings is 1. The molecule has 164 valence electrons. The average Bonchev–Trinajstić information content (AvgIpc) is 3.27. The summed E-state index contributed by atoms with van der Waals surface area (Å²) in [6.07, 6.45) is 1.43. The van der Waals surface area contributed by atoms with Crippen LogP contribution in [0.3, 0.4) is 0 Å². The number of likely N-dealkylation sites (tertiary alicyclic amines) is 1. The molecule has 0 bridgehead atoms. The van der Waals surface area contributed by atoms with Crippen LogP contribution in [0.4, 0.5) is 8.78 Å². The second-order valence-electron chi connectivity index (χ2n) is 7.81. The van der Waals surface area contributed by atoms with E-state index >= 15 is 0 Å². The van der Waals surface area contributed by atoms with Gasteiger partial charge in [0.1, 0.15) is 5.69 Å². The maximum Gasteiger partial charge on any atom is 0.310 e. The minimum Gasteiger partial charge on any atom is -0.466 e. The molecule has 0 radical (unpaired) electrons. The lowest BCUT2D eigenvalue weighted by Crippen LogP contribution is -2.43. The number of ether oxygens (including phenoxy) is 1. The second kappa shape index (κ2) is 8.78. The maximum absolute atomic E-state index is 13.8. The number of fused-ring (bicyclic) bond motifs is 1. The summed E-state index contributed by atoms with van der Waals surface area (Å²) < 4.78 is 35.1. The van der Waals surface area contributed by atoms with Crippen LogP contribution in [-0.2, 0) is 16.1 Å². The molecular weight excluding hydrogens is 422 g/mol. The zero-order chi connectivity index (χ0) is 22.1. The van der Waals surface area contributed by atoms with E-state index in [2.05, 4.69) is 0 Å². The third-order valence-electron chi connectivity index (χ3n) is 5.59. The van der Waals surface area contributed by atoms with Crippen LogP contribution < -0.4 is 0 Å². The summed E-state index contributed by atoms with van der Waals surface area (Å²) in [5.41, 5.74) is 1.93. The Hall–Kier alpha value is -2.74. The third-order valence-corrected chi connectivity index (χ3v) is 6.57. The summed E-state index contributed by atoms with van der Waals surface area (Å²) in [5.74, 6) is -2.58. The maximum atomic E-state index is 13.8. The molecule has 0 saturated carbocycles. The van der Waals surface area contributed by atoms with Gasteiger partial charge in [-0.25, -0.2) is 8.78 Å². The number of halogens is 2. The molecule has 1 atom stereocenters. The number of carbonyl (C=O) groups is 2. The Morgan fingerprint density at radius 1 is 1.19 bits per heavy atom. The average molecular weight is 447 g/mol. The predicted octanol–water partition coefficient (Wildman–Crippen LogP) is 4.75. The number of piperidine rings is 1. The van der Waals surface area contributed by atoms with Gasteiger partial charge in [-0.15, -0.1) is 11.3 Å². The first-order valence-electron chi connectivity index (χ1n) is 10.4. The molecule has 0 aliphatic carbocycles. The molecule has 0 unspecified atom stereocenters. The summed E-state index contributed by atoms with van der Waals surface area (Å²) in [7, 11) is 0. The van der Waals surface area contributed by atoms with Gasteiger partial charge in [-0.3, -0.25) is 9.59 Å². The van der Waals surface area contributed by atoms with Gasteiger partial charge in [-0.1, -0.05) is 6.07 Å². The number of benzene rings is 1. The Bertz CT molecular complexity index is 1140. The van der Waals surface area contributed by atoms with Crippen LogP contribution in [0.15, 0.2) is 30.3 Å². The Labute approximate surface area is 183 Å². The topological polar surface area (TPSA) is 51.5 Å². The first-order valence-corrected chi connectivity index (χ1v) is 11.2. The Balaban J connectivity index is 1.66. The van der Waals surface area contributed by atoms with Crippen molar-refractivity contribution in [3.05, 3.63) is 58.1 Å². The summed E-state index contributed by atoms with van der Waals surface area (Å²) in [5, 5.41) is 0. The highest BCUT2D eigenvalue weighted by molar-refractivity contribution is 7.19. The molecule has 1 aliphatic heterocycles. The predicted molar refractivity (Wildman–Crippen MR) is 115 cm³/mol. The highest BCUT2D eigenvalue weighted by Gasteiger charge is 2.31. The van der Waals surface area contributed by atoms with Gasteiger partial charge >= 0.3 is 5.97 Å². The van der Waals surface area contributed by atoms with Gasteiger partial charge < -0.3 is 14.2 Å². The molecule has 4 rings (SSSR count). The number of hydrogen-bond acceptors (Lipinski definition) is 4. The number of aryl methyl sites for hydroxylation is 1. The number of amides is 1. The number of aromatic nitrogens is 1. The molecule has 1 aliphatic rings. The van der Waals surface area contributed by atoms with Crippen LogP contribution in [0.1, 0.15) is 40.7 Å². The van der Waals surface area contributed by atoms with Crippen molar-refractivity contribution >= 4 is 33.4 Å². The fraction of sp³-hybridized carbons (Fsp3) is 0.391. The van der Waals surface area contributed by atoms with Gasteiger partial charge in [-0.05, 0) is 56.5 Å². The van der Waals surface area contributed by atoms with Crippen LogP contribution in [0.25, 0.3) is 10.2 Å². The van der Waals surface area contributed by atoms with E-state index in [1.807, 2.05) is 23.6 Å². The van der Waals surface area contributed by atoms with Crippen LogP contribution in [0.2, 0.25) is 0 Å². The molecule has 0 N–H and O–H groups in total. The molecule has 1 saturated heterocycles. The van der Waals surface area contributed by atoms with Crippen LogP contribution in [0, 0.1) is 24.5 Å². The molecule has 1 aromatic carbocycles. The van der Waals surface area contributed by atoms with Gasteiger partial charge in [0.05, 0.1) is 22.7 Å². The standard InChI is InChI=1S/C23H24F2N2O3S/c1-3-30-23(29)16-5-4-8-26(13-16)22(28)20-11-21-19(9-14(2)31-21)27(20)12-15-6-7-17(24)18(25)10-15/h6-7,9-11,16H,3-5,8,12-13H2,1-2H3/t16-/m1/s1. The highest BCUT2D eigenvalue weighted by atomic mass is 32.1. The number of rotatable bonds is 5. The molecule has 0 spiro atoms. The second-order valence-corrected chi connectivity index (χ2v) is 9.10. The number of carbonyl (C=O) groups excluding carboxylic acids is 2. The van der Waals surface area contributed by atoms with Gasteiger partial charge in [0, 0.05) is 24.5 Å². The van der Waals surface area contributed by atoms with E-state index in [9.17, 15) is 18.4 Å². The fourth-order valence-electron chi connectivity index (χ4n) is 4.11. The molecule has 31 heavy (non-hydrogen) atoms. The van der Waals surface area contributed by atoms with E-state index in [0.29, 0.717) is 37.4 Å². The SMILES string of the molecule is CCOC(=O)[C@@H]1CCCN(C(=O)c2cc3sc(C)cc3n2Cc2ccc(F)c(F)c2)C1. The fourth-order valence-corrected chi connectivity index (χ4v) is 5.07. The molecule has 3 heterocycles. The smallest absolute Gasteiger partial charge is 0.310 e. The molecular formula is C23H24F2N2O3S. The first-order chi connectivity index (χ1) is 14.9. The molecule has 2 aromatic heterocycles. The quantitative estimate of drug-likeness (QED) is 0.532. The van der Waals surface area contributed by atoms with E-state index in [0.717, 1.165) is 33.6 Å². The third kappa shape index (κ3) is 4.35. The van der Waals surface area contributed by atoms with E-state index in [4.69, 9.17) is 4.74 Å². The van der Waals surface area contributed by atoms with Crippen molar-refractivity contribution in [3.63, 3.8) is 0 Å². The van der Waals surface area contributed by atoms with Crippen LogP contribution in [0.5, 0.6) is 0 Å². The van der Waals surface area contributed by atoms with Gasteiger partial charge in [-0.2, -0.15) is 0 Å². The summed E-state index contributed by atoms with van der Waals surface area (Å²) in [6, 6.07) is 7.62. The minimum absolute atomic E-state index is 0.169. The van der Waals surface area contributed by atoms with Crippen molar-refractivity contribution in [1.29, 1.82) is 0 Å². The number of hydrogen-bond donors (Lipinski definition) is 0. The number of nitrogens with zero attached hydrogens (tertiary/aromatic N) is 2. The molecule has 3 aromatic rings. The van der Waals surface area contributed by atoms with E-state index in [1.54, 1.807) is 23.2 Å². The largest absolute Gasteiger partial charge is 0.466 e. The molecule has 1 fully saturated rings. The van der Waals surface area contributed by atoms with Crippen molar-refractivity contribution in [2.45, 2.75) is 33.2 Å². The monoisotopic (exact) mass is 446 g/mol. The lowest BCUT2D eigenvalue weighted by molar-refractivity contribution is -0.149. The van der Waals surface area contributed by atoms with Crippen LogP contribution >= 0.6 is 11.3 Å². The van der Waals surface area contributed by atoms with Gasteiger partial charge in [0.15, 0.2) is 11.6 Å². The Morgan fingerprint density at radius 3 is 2.74 bits per heavy atom. The summed E-state index contributed by atoms with van der Waals surface area (Å²) in [4.78, 5) is 28.4. The van der Waals surface area contributed by atoms with Crippen LogP contribution in [-0.4, -0.2) is 41.0 Å². The Kier molecular flexibility index (Phi) is 6.09. The van der Waals surface area contributed by atoms with Crippen molar-refractivity contribution in [2.75, 3.05) is 19.7 Å². The zero-order valence-electron chi connectivity index (χ0n) is 17.5. The van der Waals surface area contributed by atoms with Crippen molar-refractivity contribution < 1.29 is 23.1 Å². The van der Waals surface area contributed by atoms with E-state index in [-0.39, 0.29) is 24.3 Å². The van der Waals surface area contributed by atoms with Gasteiger partial charge in [0.2, 0.25) is 0 Å². The lowest BCUT2D eigenvalue weighted by atomic mass is 9.98. The van der Waals surface area contributed by atoms with Crippen molar-refractivity contribution in [3.8, 4) is 0 Å². The normalized spacial score (nSPS) is 16.6. The Morgan fingerprint density at radius 2 is 2.00 bits per heavy atom. The molecule has 5 nitrogen and oxygen atoms in total. The molecule has 1 amide bonds. The molecule has 8 heteroatoms. The lowest BCUT2D eigenvalue weighted by Gasteiger charge is -2.31. The summed E-state index contributed by atoms with van der Waals surface area (Å²) in [6.45, 7) is 5.20.